The lowest BCUT2D eigenvalue weighted by Crippen LogP contribution is -2.48. The lowest BCUT2D eigenvalue weighted by Gasteiger charge is -2.37. The number of fused-ring (bicyclic) bond motifs is 1. The quantitative estimate of drug-likeness (QED) is 0.569. The number of amides is 2. The smallest absolute Gasteiger partial charge is 0.272 e. The Kier molecular flexibility index (Phi) is 6.61. The third-order valence-corrected chi connectivity index (χ3v) is 6.98. The molecule has 3 aromatic rings. The number of likely N-dealkylation sites (tertiary alicyclic amines) is 2. The summed E-state index contributed by atoms with van der Waals surface area (Å²) in [5.41, 5.74) is -0.563. The van der Waals surface area contributed by atoms with Crippen LogP contribution in [0.5, 0.6) is 11.6 Å². The average molecular weight is 515 g/mol. The summed E-state index contributed by atoms with van der Waals surface area (Å²) in [6.45, 7) is 0.552. The fraction of sp³-hybridized carbons (Fsp3) is 0.385. The lowest BCUT2D eigenvalue weighted by molar-refractivity contribution is -0.142. The number of piperidine rings is 2. The van der Waals surface area contributed by atoms with Crippen LogP contribution in [0.25, 0.3) is 10.8 Å². The standard InChI is InChI=1S/C26H25F3N4O4/c27-21-6-5-17(37-23-19-4-2-1-3-18(19)22(34)30-31-23)15-20(21)25(36)32-11-7-16(8-12-32)24(35)33-13-9-26(28,29)10-14-33/h1-6,15-16H,7-14H2,(H,30,34). The number of nitrogens with zero attached hydrogens (tertiary/aromatic N) is 3. The van der Waals surface area contributed by atoms with E-state index in [0.717, 1.165) is 6.07 Å². The summed E-state index contributed by atoms with van der Waals surface area (Å²) in [5, 5.41) is 7.13. The molecule has 1 N–H and O–H groups in total. The molecule has 37 heavy (non-hydrogen) atoms. The Balaban J connectivity index is 1.26. The fourth-order valence-electron chi connectivity index (χ4n) is 4.82. The van der Waals surface area contributed by atoms with E-state index in [2.05, 4.69) is 10.2 Å². The third-order valence-electron chi connectivity index (χ3n) is 6.98. The van der Waals surface area contributed by atoms with Crippen LogP contribution in [0.4, 0.5) is 13.2 Å². The van der Waals surface area contributed by atoms with Crippen LogP contribution >= 0.6 is 0 Å². The van der Waals surface area contributed by atoms with Gasteiger partial charge in [-0.2, -0.15) is 0 Å². The highest BCUT2D eigenvalue weighted by molar-refractivity contribution is 5.95. The minimum Gasteiger partial charge on any atom is -0.437 e. The lowest BCUT2D eigenvalue weighted by atomic mass is 9.93. The SMILES string of the molecule is O=C(c1cc(Oc2n[nH]c(=O)c3ccccc23)ccc1F)N1CCC(C(=O)N2CCC(F)(F)CC2)CC1. The maximum absolute atomic E-state index is 14.6. The molecule has 194 valence electrons. The summed E-state index contributed by atoms with van der Waals surface area (Å²) in [5.74, 6) is -4.22. The number of carbonyl (C=O) groups excluding carboxylic acids is 2. The number of ether oxygens (including phenoxy) is 1. The minimum absolute atomic E-state index is 0.0302. The Labute approximate surface area is 210 Å². The van der Waals surface area contributed by atoms with Gasteiger partial charge in [-0.05, 0) is 43.2 Å². The van der Waals surface area contributed by atoms with Crippen molar-refractivity contribution in [2.24, 2.45) is 5.92 Å². The molecule has 0 saturated carbocycles. The van der Waals surface area contributed by atoms with Crippen LogP contribution in [0.2, 0.25) is 0 Å². The van der Waals surface area contributed by atoms with E-state index in [0.29, 0.717) is 23.6 Å². The Bertz CT molecular complexity index is 1390. The molecule has 0 atom stereocenters. The highest BCUT2D eigenvalue weighted by Crippen LogP contribution is 2.31. The van der Waals surface area contributed by atoms with Gasteiger partial charge in [-0.15, -0.1) is 5.10 Å². The number of aromatic amines is 1. The van der Waals surface area contributed by atoms with E-state index in [-0.39, 0.29) is 73.6 Å². The normalized spacial score (nSPS) is 18.1. The van der Waals surface area contributed by atoms with Gasteiger partial charge in [0.1, 0.15) is 11.6 Å². The van der Waals surface area contributed by atoms with Gasteiger partial charge < -0.3 is 14.5 Å². The minimum atomic E-state index is -2.73. The molecule has 8 nitrogen and oxygen atoms in total. The number of alkyl halides is 2. The molecule has 0 radical (unpaired) electrons. The summed E-state index contributed by atoms with van der Waals surface area (Å²) < 4.78 is 47.3. The van der Waals surface area contributed by atoms with Crippen LogP contribution in [0.3, 0.4) is 0 Å². The molecule has 5 rings (SSSR count). The number of halogens is 3. The van der Waals surface area contributed by atoms with E-state index in [9.17, 15) is 27.6 Å². The van der Waals surface area contributed by atoms with Gasteiger partial charge >= 0.3 is 0 Å². The van der Waals surface area contributed by atoms with E-state index < -0.39 is 17.6 Å². The molecule has 0 spiro atoms. The monoisotopic (exact) mass is 514 g/mol. The molecule has 2 amide bonds. The van der Waals surface area contributed by atoms with Crippen molar-refractivity contribution in [2.75, 3.05) is 26.2 Å². The maximum atomic E-state index is 14.6. The molecule has 2 saturated heterocycles. The molecule has 2 aliphatic rings. The zero-order valence-corrected chi connectivity index (χ0v) is 19.9. The second-order valence-corrected chi connectivity index (χ2v) is 9.39. The van der Waals surface area contributed by atoms with Crippen LogP contribution in [0.1, 0.15) is 36.0 Å². The van der Waals surface area contributed by atoms with Gasteiger partial charge in [-0.3, -0.25) is 14.4 Å². The average Bonchev–Trinajstić information content (AvgIpc) is 2.91. The van der Waals surface area contributed by atoms with Crippen molar-refractivity contribution in [2.45, 2.75) is 31.6 Å². The second-order valence-electron chi connectivity index (χ2n) is 9.39. The highest BCUT2D eigenvalue weighted by atomic mass is 19.3. The van der Waals surface area contributed by atoms with Crippen LogP contribution in [-0.2, 0) is 4.79 Å². The molecule has 11 heteroatoms. The Morgan fingerprint density at radius 2 is 1.65 bits per heavy atom. The van der Waals surface area contributed by atoms with Crippen LogP contribution in [0, 0.1) is 11.7 Å². The highest BCUT2D eigenvalue weighted by Gasteiger charge is 2.38. The van der Waals surface area contributed by atoms with Crippen molar-refractivity contribution < 1.29 is 27.5 Å². The number of H-pyrrole nitrogens is 1. The van der Waals surface area contributed by atoms with Crippen molar-refractivity contribution in [3.8, 4) is 11.6 Å². The number of nitrogens with one attached hydrogen (secondary N) is 1. The molecular formula is C26H25F3N4O4. The molecule has 3 heterocycles. The van der Waals surface area contributed by atoms with Crippen molar-refractivity contribution in [1.82, 2.24) is 20.0 Å². The van der Waals surface area contributed by atoms with Crippen molar-refractivity contribution in [3.05, 3.63) is 64.2 Å². The second kappa shape index (κ2) is 9.87. The zero-order chi connectivity index (χ0) is 26.2. The predicted molar refractivity (Wildman–Crippen MR) is 128 cm³/mol. The van der Waals surface area contributed by atoms with Crippen molar-refractivity contribution >= 4 is 22.6 Å². The molecule has 2 fully saturated rings. The van der Waals surface area contributed by atoms with E-state index in [1.165, 1.54) is 21.9 Å². The number of hydrogen-bond acceptors (Lipinski definition) is 5. The summed E-state index contributed by atoms with van der Waals surface area (Å²) in [4.78, 5) is 40.8. The maximum Gasteiger partial charge on any atom is 0.272 e. The molecule has 2 aliphatic heterocycles. The Hall–Kier alpha value is -3.89. The number of carbonyl (C=O) groups is 2. The first-order valence-corrected chi connectivity index (χ1v) is 12.1. The van der Waals surface area contributed by atoms with E-state index in [1.54, 1.807) is 24.3 Å². The Morgan fingerprint density at radius 3 is 2.35 bits per heavy atom. The van der Waals surface area contributed by atoms with Crippen molar-refractivity contribution in [3.63, 3.8) is 0 Å². The summed E-state index contributed by atoms with van der Waals surface area (Å²) in [6, 6.07) is 10.5. The first kappa shape index (κ1) is 24.8. The number of aromatic nitrogens is 2. The number of hydrogen-bond donors (Lipinski definition) is 1. The van der Waals surface area contributed by atoms with Crippen molar-refractivity contribution in [1.29, 1.82) is 0 Å². The third kappa shape index (κ3) is 5.16. The van der Waals surface area contributed by atoms with E-state index in [4.69, 9.17) is 4.74 Å². The molecule has 0 aliphatic carbocycles. The van der Waals surface area contributed by atoms with Gasteiger partial charge in [0.05, 0.1) is 16.3 Å². The van der Waals surface area contributed by atoms with Gasteiger partial charge in [0.15, 0.2) is 0 Å². The fourth-order valence-corrected chi connectivity index (χ4v) is 4.82. The van der Waals surface area contributed by atoms with Gasteiger partial charge in [0.25, 0.3) is 17.4 Å². The molecular weight excluding hydrogens is 489 g/mol. The first-order valence-electron chi connectivity index (χ1n) is 12.1. The van der Waals surface area contributed by atoms with Gasteiger partial charge in [0, 0.05) is 44.9 Å². The topological polar surface area (TPSA) is 95.6 Å². The molecule has 2 aromatic carbocycles. The van der Waals surface area contributed by atoms with Crippen LogP contribution in [0.15, 0.2) is 47.3 Å². The summed E-state index contributed by atoms with van der Waals surface area (Å²) in [6.07, 6.45) is 0.0847. The molecule has 0 unspecified atom stereocenters. The summed E-state index contributed by atoms with van der Waals surface area (Å²) in [7, 11) is 0. The molecule has 0 bridgehead atoms. The first-order chi connectivity index (χ1) is 17.7. The van der Waals surface area contributed by atoms with Crippen LogP contribution < -0.4 is 10.3 Å². The van der Waals surface area contributed by atoms with E-state index in [1.807, 2.05) is 0 Å². The largest absolute Gasteiger partial charge is 0.437 e. The zero-order valence-electron chi connectivity index (χ0n) is 19.9. The van der Waals surface area contributed by atoms with Gasteiger partial charge in [0.2, 0.25) is 11.8 Å². The van der Waals surface area contributed by atoms with Gasteiger partial charge in [-0.1, -0.05) is 12.1 Å². The Morgan fingerprint density at radius 1 is 0.973 bits per heavy atom. The van der Waals surface area contributed by atoms with Crippen LogP contribution in [-0.4, -0.2) is 63.9 Å². The predicted octanol–water partition coefficient (Wildman–Crippen LogP) is 3.96. The number of rotatable bonds is 4. The van der Waals surface area contributed by atoms with E-state index >= 15 is 0 Å². The number of benzene rings is 2. The van der Waals surface area contributed by atoms with Gasteiger partial charge in [-0.25, -0.2) is 18.3 Å². The summed E-state index contributed by atoms with van der Waals surface area (Å²) >= 11 is 0. The molecule has 1 aromatic heterocycles.